The lowest BCUT2D eigenvalue weighted by molar-refractivity contribution is -0.130. The van der Waals surface area contributed by atoms with E-state index in [-0.39, 0.29) is 16.6 Å². The van der Waals surface area contributed by atoms with Crippen LogP contribution >= 0.6 is 12.6 Å². The Morgan fingerprint density at radius 3 is 2.26 bits per heavy atom. The summed E-state index contributed by atoms with van der Waals surface area (Å²) in [6.07, 6.45) is 18.0. The van der Waals surface area contributed by atoms with Gasteiger partial charge in [-0.2, -0.15) is 12.6 Å². The van der Waals surface area contributed by atoms with Crippen LogP contribution in [0.5, 0.6) is 0 Å². The number of aldehydes is 1. The highest BCUT2D eigenvalue weighted by Gasteiger charge is 2.70. The molecule has 4 rings (SSSR count). The average molecular weight is 491 g/mol. The van der Waals surface area contributed by atoms with Gasteiger partial charge in [0.2, 0.25) is 5.91 Å². The van der Waals surface area contributed by atoms with Crippen molar-refractivity contribution in [3.05, 3.63) is 36.6 Å². The monoisotopic (exact) mass is 490 g/mol. The molecule has 0 aromatic rings. The Morgan fingerprint density at radius 1 is 1.15 bits per heavy atom. The first kappa shape index (κ1) is 28.7. The quantitative estimate of drug-likeness (QED) is 0.221. The van der Waals surface area contributed by atoms with Gasteiger partial charge in [-0.1, -0.05) is 51.0 Å². The normalized spacial score (nSPS) is 36.1. The minimum absolute atomic E-state index is 0.0889. The van der Waals surface area contributed by atoms with Crippen molar-refractivity contribution in [2.45, 2.75) is 88.5 Å². The minimum atomic E-state index is -0.460. The van der Waals surface area contributed by atoms with Gasteiger partial charge in [-0.25, -0.2) is 0 Å². The molecule has 0 saturated heterocycles. The van der Waals surface area contributed by atoms with Crippen molar-refractivity contribution >= 4 is 24.8 Å². The van der Waals surface area contributed by atoms with Gasteiger partial charge in [0.15, 0.2) is 0 Å². The Morgan fingerprint density at radius 2 is 1.79 bits per heavy atom. The number of hydrogen-bond donors (Lipinski definition) is 5. The van der Waals surface area contributed by atoms with Crippen molar-refractivity contribution in [2.24, 2.45) is 39.9 Å². The summed E-state index contributed by atoms with van der Waals surface area (Å²) >= 11 is 4.14. The topological polar surface area (TPSA) is 124 Å². The van der Waals surface area contributed by atoms with E-state index in [0.717, 1.165) is 56.4 Å². The first-order chi connectivity index (χ1) is 16.0. The summed E-state index contributed by atoms with van der Waals surface area (Å²) in [5.74, 6) is 1.42. The van der Waals surface area contributed by atoms with E-state index in [1.54, 1.807) is 6.08 Å². The van der Waals surface area contributed by atoms with Crippen molar-refractivity contribution in [1.82, 2.24) is 5.32 Å². The SMILES string of the molecule is C=C/C=C\C=C(\N)C(C)S.CNC1C2CC(C)(C(N)=O)CC3(C2)CC13.NC1(C=O)CCCCC1. The molecule has 0 aromatic heterocycles. The molecule has 192 valence electrons. The van der Waals surface area contributed by atoms with Crippen LogP contribution in [-0.2, 0) is 9.59 Å². The highest BCUT2D eigenvalue weighted by Crippen LogP contribution is 2.73. The minimum Gasteiger partial charge on any atom is -0.401 e. The van der Waals surface area contributed by atoms with Gasteiger partial charge < -0.3 is 27.3 Å². The third-order valence-electron chi connectivity index (χ3n) is 8.28. The summed E-state index contributed by atoms with van der Waals surface area (Å²) < 4.78 is 0. The van der Waals surface area contributed by atoms with Crippen molar-refractivity contribution in [3.63, 3.8) is 0 Å². The first-order valence-corrected chi connectivity index (χ1v) is 13.1. The Hall–Kier alpha value is -1.57. The third-order valence-corrected chi connectivity index (χ3v) is 8.58. The number of fused-ring (bicyclic) bond motifs is 1. The largest absolute Gasteiger partial charge is 0.401 e. The molecule has 2 bridgehead atoms. The van der Waals surface area contributed by atoms with Crippen molar-refractivity contribution in [1.29, 1.82) is 0 Å². The average Bonchev–Trinajstić information content (AvgIpc) is 3.39. The van der Waals surface area contributed by atoms with Crippen LogP contribution in [0.4, 0.5) is 0 Å². The van der Waals surface area contributed by atoms with Crippen LogP contribution < -0.4 is 22.5 Å². The second-order valence-electron chi connectivity index (χ2n) is 11.1. The van der Waals surface area contributed by atoms with E-state index < -0.39 is 5.54 Å². The molecule has 6 unspecified atom stereocenters. The number of amides is 1. The number of nitrogens with two attached hydrogens (primary N) is 3. The molecule has 0 aliphatic heterocycles. The van der Waals surface area contributed by atoms with E-state index in [4.69, 9.17) is 17.2 Å². The van der Waals surface area contributed by atoms with Crippen LogP contribution in [0.25, 0.3) is 0 Å². The zero-order valence-corrected chi connectivity index (χ0v) is 22.2. The zero-order valence-electron chi connectivity index (χ0n) is 21.3. The van der Waals surface area contributed by atoms with Gasteiger partial charge in [0, 0.05) is 22.4 Å². The van der Waals surface area contributed by atoms with Gasteiger partial charge in [0.25, 0.3) is 0 Å². The lowest BCUT2D eigenvalue weighted by atomic mass is 9.66. The Kier molecular flexibility index (Phi) is 10.0. The number of primary amides is 1. The van der Waals surface area contributed by atoms with Gasteiger partial charge in [0.05, 0.1) is 5.54 Å². The second kappa shape index (κ2) is 11.9. The van der Waals surface area contributed by atoms with Gasteiger partial charge in [-0.05, 0) is 75.8 Å². The highest BCUT2D eigenvalue weighted by molar-refractivity contribution is 7.81. The standard InChI is InChI=1S/C12H20N2O.C8H13NS.C7H13NO/c1-11(10(13)15)3-7-4-12(6-11)5-8(12)9(7)14-2;1-3-4-5-6-8(9)7(2)10;8-7(6-9)4-2-1-3-5-7/h7-9,14H,3-6H2,1-2H3,(H2,13,15);3-7,10H,1,9H2,2H3;6H,1-5,8H2/b;5-4-,8-6+;. The molecular weight excluding hydrogens is 444 g/mol. The number of rotatable bonds is 6. The van der Waals surface area contributed by atoms with Gasteiger partial charge >= 0.3 is 0 Å². The molecule has 0 heterocycles. The lowest BCUT2D eigenvalue weighted by Gasteiger charge is -2.38. The molecule has 34 heavy (non-hydrogen) atoms. The van der Waals surface area contributed by atoms with Crippen molar-refractivity contribution in [2.75, 3.05) is 7.05 Å². The van der Waals surface area contributed by atoms with E-state index in [0.29, 0.717) is 17.4 Å². The van der Waals surface area contributed by atoms with Gasteiger partial charge in [-0.15, -0.1) is 0 Å². The molecular formula is C27H46N4O2S. The van der Waals surface area contributed by atoms with Crippen LogP contribution in [0.1, 0.15) is 71.6 Å². The maximum Gasteiger partial charge on any atom is 0.223 e. The number of hydrogen-bond acceptors (Lipinski definition) is 6. The fourth-order valence-corrected chi connectivity index (χ4v) is 6.42. The molecule has 0 radical (unpaired) electrons. The zero-order chi connectivity index (χ0) is 25.6. The number of carbonyl (C=O) groups excluding carboxylic acids is 2. The Labute approximate surface area is 211 Å². The van der Waals surface area contributed by atoms with Crippen molar-refractivity contribution in [3.8, 4) is 0 Å². The maximum absolute atomic E-state index is 11.6. The summed E-state index contributed by atoms with van der Waals surface area (Å²) in [6, 6.07) is 0.645. The van der Waals surface area contributed by atoms with E-state index >= 15 is 0 Å². The van der Waals surface area contributed by atoms with E-state index in [2.05, 4.69) is 38.5 Å². The maximum atomic E-state index is 11.6. The van der Waals surface area contributed by atoms with Crippen LogP contribution in [0.3, 0.4) is 0 Å². The Balaban J connectivity index is 0.000000190. The molecule has 0 aromatic carbocycles. The van der Waals surface area contributed by atoms with E-state index in [1.807, 2.05) is 25.2 Å². The number of carbonyl (C=O) groups is 2. The summed E-state index contributed by atoms with van der Waals surface area (Å²) in [7, 11) is 2.05. The van der Waals surface area contributed by atoms with Crippen molar-refractivity contribution < 1.29 is 9.59 Å². The summed E-state index contributed by atoms with van der Waals surface area (Å²) in [5.41, 5.74) is 17.4. The lowest BCUT2D eigenvalue weighted by Crippen LogP contribution is -2.43. The summed E-state index contributed by atoms with van der Waals surface area (Å²) in [4.78, 5) is 21.9. The molecule has 4 fully saturated rings. The van der Waals surface area contributed by atoms with E-state index in [1.165, 1.54) is 19.3 Å². The predicted octanol–water partition coefficient (Wildman–Crippen LogP) is 3.62. The number of nitrogens with one attached hydrogen (secondary N) is 1. The van der Waals surface area contributed by atoms with Crippen LogP contribution in [0, 0.1) is 22.7 Å². The van der Waals surface area contributed by atoms with Crippen LogP contribution in [0.15, 0.2) is 36.6 Å². The van der Waals surface area contributed by atoms with E-state index in [9.17, 15) is 9.59 Å². The first-order valence-electron chi connectivity index (χ1n) is 12.6. The molecule has 4 aliphatic rings. The molecule has 6 atom stereocenters. The van der Waals surface area contributed by atoms with Crippen LogP contribution in [0.2, 0.25) is 0 Å². The molecule has 7 heteroatoms. The molecule has 4 aliphatic carbocycles. The summed E-state index contributed by atoms with van der Waals surface area (Å²) in [5, 5.41) is 3.57. The molecule has 1 spiro atoms. The Bertz CT molecular complexity index is 789. The second-order valence-corrected chi connectivity index (χ2v) is 11.9. The molecule has 1 amide bonds. The third kappa shape index (κ3) is 6.98. The van der Waals surface area contributed by atoms with Gasteiger partial charge in [-0.3, -0.25) is 4.79 Å². The fraction of sp³-hybridized carbons (Fsp3) is 0.704. The smallest absolute Gasteiger partial charge is 0.223 e. The number of thiol groups is 1. The molecule has 6 nitrogen and oxygen atoms in total. The highest BCUT2D eigenvalue weighted by atomic mass is 32.1. The number of allylic oxidation sites excluding steroid dienone is 4. The molecule has 4 saturated carbocycles. The molecule has 7 N–H and O–H groups in total. The summed E-state index contributed by atoms with van der Waals surface area (Å²) in [6.45, 7) is 7.52. The van der Waals surface area contributed by atoms with Gasteiger partial charge in [0.1, 0.15) is 6.29 Å². The van der Waals surface area contributed by atoms with Crippen LogP contribution in [-0.4, -0.2) is 36.1 Å². The fourth-order valence-electron chi connectivity index (χ4n) is 6.34. The predicted molar refractivity (Wildman–Crippen MR) is 144 cm³/mol.